The monoisotopic (exact) mass is 359 g/mol. The van der Waals surface area contributed by atoms with Crippen LogP contribution in [0.15, 0.2) is 0 Å². The molecule has 0 spiro atoms. The van der Waals surface area contributed by atoms with Crippen LogP contribution in [0.4, 0.5) is 0 Å². The molecule has 4 saturated carbocycles. The van der Waals surface area contributed by atoms with Crippen LogP contribution >= 0.6 is 0 Å². The molecule has 2 N–H and O–H groups in total. The summed E-state index contributed by atoms with van der Waals surface area (Å²) in [6.07, 6.45) is 11.3. The lowest BCUT2D eigenvalue weighted by atomic mass is 9.49. The van der Waals surface area contributed by atoms with Crippen LogP contribution < -0.4 is 10.6 Å². The van der Waals surface area contributed by atoms with Gasteiger partial charge in [-0.15, -0.1) is 0 Å². The lowest BCUT2D eigenvalue weighted by Crippen LogP contribution is -2.58. The van der Waals surface area contributed by atoms with Crippen LogP contribution in [0.1, 0.15) is 64.2 Å². The first-order valence-electron chi connectivity index (χ1n) is 11.0. The maximum Gasteiger partial charge on any atom is 0.243 e. The minimum absolute atomic E-state index is 0.0919. The molecule has 26 heavy (non-hydrogen) atoms. The van der Waals surface area contributed by atoms with E-state index < -0.39 is 0 Å². The van der Waals surface area contributed by atoms with E-state index in [0.29, 0.717) is 5.91 Å². The second-order valence-corrected chi connectivity index (χ2v) is 9.91. The molecule has 0 radical (unpaired) electrons. The minimum Gasteiger partial charge on any atom is -0.350 e. The Kier molecular flexibility index (Phi) is 4.26. The number of hydrogen-bond acceptors (Lipinski definition) is 3. The maximum atomic E-state index is 13.6. The molecule has 2 unspecified atom stereocenters. The second kappa shape index (κ2) is 6.50. The highest BCUT2D eigenvalue weighted by molar-refractivity contribution is 5.91. The second-order valence-electron chi connectivity index (χ2n) is 9.91. The van der Waals surface area contributed by atoms with Gasteiger partial charge in [0.25, 0.3) is 0 Å². The number of amides is 2. The van der Waals surface area contributed by atoms with Crippen LogP contribution in [0.5, 0.6) is 0 Å². The Morgan fingerprint density at radius 2 is 1.65 bits per heavy atom. The smallest absolute Gasteiger partial charge is 0.243 e. The number of nitrogens with zero attached hydrogens (tertiary/aromatic N) is 1. The fourth-order valence-electron chi connectivity index (χ4n) is 7.23. The van der Waals surface area contributed by atoms with Crippen molar-refractivity contribution in [3.63, 3.8) is 0 Å². The van der Waals surface area contributed by atoms with E-state index in [1.807, 2.05) is 4.90 Å². The van der Waals surface area contributed by atoms with Gasteiger partial charge in [0, 0.05) is 19.1 Å². The zero-order chi connectivity index (χ0) is 17.7. The van der Waals surface area contributed by atoms with Gasteiger partial charge in [-0.3, -0.25) is 9.59 Å². The molecule has 5 heteroatoms. The van der Waals surface area contributed by atoms with E-state index in [0.717, 1.165) is 82.3 Å². The van der Waals surface area contributed by atoms with E-state index in [1.54, 1.807) is 0 Å². The molecule has 6 rings (SSSR count). The van der Waals surface area contributed by atoms with Gasteiger partial charge in [0.15, 0.2) is 0 Å². The quantitative estimate of drug-likeness (QED) is 0.811. The average Bonchev–Trinajstić information content (AvgIpc) is 3.10. The van der Waals surface area contributed by atoms with E-state index in [-0.39, 0.29) is 23.4 Å². The molecule has 2 aliphatic heterocycles. The van der Waals surface area contributed by atoms with Crippen molar-refractivity contribution in [1.29, 1.82) is 0 Å². The largest absolute Gasteiger partial charge is 0.350 e. The first-order chi connectivity index (χ1) is 12.6. The summed E-state index contributed by atoms with van der Waals surface area (Å²) in [6, 6.07) is 0.00535. The van der Waals surface area contributed by atoms with Crippen LogP contribution in [0.3, 0.4) is 0 Å². The van der Waals surface area contributed by atoms with Crippen LogP contribution in [-0.4, -0.2) is 48.4 Å². The Hall–Kier alpha value is -1.10. The van der Waals surface area contributed by atoms with E-state index in [1.165, 1.54) is 19.3 Å². The van der Waals surface area contributed by atoms with Crippen LogP contribution in [0.2, 0.25) is 0 Å². The lowest BCUT2D eigenvalue weighted by Gasteiger charge is -2.56. The molecule has 0 aromatic heterocycles. The van der Waals surface area contributed by atoms with Crippen molar-refractivity contribution in [3.05, 3.63) is 0 Å². The van der Waals surface area contributed by atoms with Gasteiger partial charge < -0.3 is 15.5 Å². The zero-order valence-corrected chi connectivity index (χ0v) is 15.8. The topological polar surface area (TPSA) is 61.4 Å². The number of rotatable bonds is 3. The summed E-state index contributed by atoms with van der Waals surface area (Å²) in [4.78, 5) is 28.5. The highest BCUT2D eigenvalue weighted by Gasteiger charge is 2.56. The van der Waals surface area contributed by atoms with Crippen LogP contribution in [-0.2, 0) is 9.59 Å². The van der Waals surface area contributed by atoms with Crippen molar-refractivity contribution in [2.24, 2.45) is 23.2 Å². The lowest BCUT2D eigenvalue weighted by molar-refractivity contribution is -0.160. The molecular weight excluding hydrogens is 326 g/mol. The average molecular weight is 360 g/mol. The number of carbonyl (C=O) groups excluding carboxylic acids is 2. The van der Waals surface area contributed by atoms with Crippen molar-refractivity contribution in [2.75, 3.05) is 19.6 Å². The standard InChI is InChI=1S/C21H33N3O2/c25-19(23-17-3-1-5-22-13-17)18-4-2-6-24(18)20(26)21-10-14-7-15(11-21)9-16(8-14)12-21/h14-18,22H,1-13H2,(H,23,25). The van der Waals surface area contributed by atoms with Crippen LogP contribution in [0, 0.1) is 23.2 Å². The first kappa shape index (κ1) is 17.0. The number of carbonyl (C=O) groups is 2. The SMILES string of the molecule is O=C(NC1CCCNC1)C1CCCN1C(=O)C12CC3CC(CC(C3)C1)C2. The normalized spacial score (nSPS) is 44.3. The van der Waals surface area contributed by atoms with Crippen molar-refractivity contribution in [1.82, 2.24) is 15.5 Å². The predicted molar refractivity (Wildman–Crippen MR) is 99.4 cm³/mol. The van der Waals surface area contributed by atoms with E-state index in [9.17, 15) is 9.59 Å². The van der Waals surface area contributed by atoms with Gasteiger partial charge in [0.05, 0.1) is 5.41 Å². The summed E-state index contributed by atoms with van der Waals surface area (Å²) in [5, 5.41) is 6.58. The third-order valence-electron chi connectivity index (χ3n) is 7.95. The minimum atomic E-state index is -0.225. The third kappa shape index (κ3) is 2.87. The molecule has 2 atom stereocenters. The molecule has 2 amide bonds. The molecule has 5 nitrogen and oxygen atoms in total. The molecular formula is C21H33N3O2. The zero-order valence-electron chi connectivity index (χ0n) is 15.8. The van der Waals surface area contributed by atoms with Gasteiger partial charge in [0.1, 0.15) is 6.04 Å². The van der Waals surface area contributed by atoms with Crippen molar-refractivity contribution in [3.8, 4) is 0 Å². The number of nitrogens with one attached hydrogen (secondary N) is 2. The Morgan fingerprint density at radius 1 is 0.962 bits per heavy atom. The van der Waals surface area contributed by atoms with E-state index >= 15 is 0 Å². The summed E-state index contributed by atoms with van der Waals surface area (Å²) >= 11 is 0. The molecule has 0 aromatic carbocycles. The summed E-state index contributed by atoms with van der Waals surface area (Å²) in [7, 11) is 0. The summed E-state index contributed by atoms with van der Waals surface area (Å²) in [5.41, 5.74) is -0.121. The Balaban J connectivity index is 1.29. The van der Waals surface area contributed by atoms with Gasteiger partial charge in [-0.25, -0.2) is 0 Å². The molecule has 4 aliphatic carbocycles. The number of likely N-dealkylation sites (tertiary alicyclic amines) is 1. The predicted octanol–water partition coefficient (Wildman–Crippen LogP) is 2.06. The maximum absolute atomic E-state index is 13.6. The Labute approximate surface area is 156 Å². The molecule has 4 bridgehead atoms. The van der Waals surface area contributed by atoms with Gasteiger partial charge in [-0.2, -0.15) is 0 Å². The van der Waals surface area contributed by atoms with Gasteiger partial charge in [0.2, 0.25) is 11.8 Å². The van der Waals surface area contributed by atoms with Crippen molar-refractivity contribution >= 4 is 11.8 Å². The molecule has 0 aromatic rings. The summed E-state index contributed by atoms with van der Waals surface area (Å²) in [5.74, 6) is 2.74. The first-order valence-corrected chi connectivity index (χ1v) is 11.0. The highest BCUT2D eigenvalue weighted by Crippen LogP contribution is 2.60. The molecule has 144 valence electrons. The number of hydrogen-bond donors (Lipinski definition) is 2. The fraction of sp³-hybridized carbons (Fsp3) is 0.905. The Bertz CT molecular complexity index is 549. The molecule has 6 fully saturated rings. The molecule has 6 aliphatic rings. The third-order valence-corrected chi connectivity index (χ3v) is 7.95. The highest BCUT2D eigenvalue weighted by atomic mass is 16.2. The van der Waals surface area contributed by atoms with Gasteiger partial charge in [-0.1, -0.05) is 0 Å². The Morgan fingerprint density at radius 3 is 2.27 bits per heavy atom. The van der Waals surface area contributed by atoms with Crippen molar-refractivity contribution in [2.45, 2.75) is 76.3 Å². The molecule has 2 saturated heterocycles. The van der Waals surface area contributed by atoms with Crippen LogP contribution in [0.25, 0.3) is 0 Å². The number of piperidine rings is 1. The van der Waals surface area contributed by atoms with Gasteiger partial charge in [-0.05, 0) is 88.5 Å². The summed E-state index contributed by atoms with van der Waals surface area (Å²) in [6.45, 7) is 2.69. The molecule has 2 heterocycles. The fourth-order valence-corrected chi connectivity index (χ4v) is 7.23. The van der Waals surface area contributed by atoms with E-state index in [2.05, 4.69) is 10.6 Å². The van der Waals surface area contributed by atoms with Gasteiger partial charge >= 0.3 is 0 Å². The van der Waals surface area contributed by atoms with E-state index in [4.69, 9.17) is 0 Å². The van der Waals surface area contributed by atoms with Crippen molar-refractivity contribution < 1.29 is 9.59 Å². The summed E-state index contributed by atoms with van der Waals surface area (Å²) < 4.78 is 0.